The number of nitro groups is 1. The summed E-state index contributed by atoms with van der Waals surface area (Å²) >= 11 is 0. The molecule has 0 aliphatic heterocycles. The Kier molecular flexibility index (Phi) is 5.45. The van der Waals surface area contributed by atoms with Gasteiger partial charge in [-0.3, -0.25) is 30.6 Å². The Hall–Kier alpha value is -3.42. The zero-order chi connectivity index (χ0) is 17.5. The van der Waals surface area contributed by atoms with Crippen LogP contribution in [0, 0.1) is 10.1 Å². The minimum absolute atomic E-state index is 0.144. The molecule has 0 atom stereocenters. The Morgan fingerprint density at radius 1 is 1.04 bits per heavy atom. The maximum Gasteiger partial charge on any atom is 0.282 e. The van der Waals surface area contributed by atoms with Gasteiger partial charge in [-0.25, -0.2) is 0 Å². The van der Waals surface area contributed by atoms with E-state index in [1.54, 1.807) is 12.1 Å². The van der Waals surface area contributed by atoms with Crippen LogP contribution in [0.4, 0.5) is 5.69 Å². The van der Waals surface area contributed by atoms with Gasteiger partial charge in [-0.05, 0) is 37.3 Å². The average Bonchev–Trinajstić information content (AvgIpc) is 2.60. The second kappa shape index (κ2) is 7.73. The number of carbonyl (C=O) groups is 2. The van der Waals surface area contributed by atoms with Crippen molar-refractivity contribution < 1.29 is 19.2 Å². The minimum Gasteiger partial charge on any atom is -0.494 e. The number of rotatable bonds is 5. The van der Waals surface area contributed by atoms with Crippen molar-refractivity contribution in [2.45, 2.75) is 6.92 Å². The summed E-state index contributed by atoms with van der Waals surface area (Å²) in [6.45, 7) is 2.36. The monoisotopic (exact) mass is 329 g/mol. The molecule has 8 heteroatoms. The third kappa shape index (κ3) is 4.07. The van der Waals surface area contributed by atoms with E-state index in [0.717, 1.165) is 0 Å². The Bertz CT molecular complexity index is 759. The van der Waals surface area contributed by atoms with E-state index in [1.807, 2.05) is 6.92 Å². The highest BCUT2D eigenvalue weighted by Gasteiger charge is 2.19. The lowest BCUT2D eigenvalue weighted by molar-refractivity contribution is -0.385. The first-order valence-electron chi connectivity index (χ1n) is 7.10. The number of hydrogen-bond donors (Lipinski definition) is 2. The van der Waals surface area contributed by atoms with E-state index in [4.69, 9.17) is 4.74 Å². The largest absolute Gasteiger partial charge is 0.494 e. The number of benzene rings is 2. The molecule has 0 aliphatic carbocycles. The number of ether oxygens (including phenoxy) is 1. The number of nitro benzene ring substituents is 1. The van der Waals surface area contributed by atoms with Crippen LogP contribution >= 0.6 is 0 Å². The van der Waals surface area contributed by atoms with Gasteiger partial charge in [-0.1, -0.05) is 12.1 Å². The minimum atomic E-state index is -0.776. The number of hydrazine groups is 1. The molecule has 2 rings (SSSR count). The topological polar surface area (TPSA) is 111 Å². The smallest absolute Gasteiger partial charge is 0.282 e. The van der Waals surface area contributed by atoms with Gasteiger partial charge in [0.2, 0.25) is 0 Å². The van der Waals surface area contributed by atoms with Gasteiger partial charge >= 0.3 is 0 Å². The second-order valence-electron chi connectivity index (χ2n) is 4.64. The predicted molar refractivity (Wildman–Crippen MR) is 85.6 cm³/mol. The first kappa shape index (κ1) is 16.9. The lowest BCUT2D eigenvalue weighted by atomic mass is 10.2. The lowest BCUT2D eigenvalue weighted by Gasteiger charge is -2.08. The Labute approximate surface area is 137 Å². The lowest BCUT2D eigenvalue weighted by Crippen LogP contribution is -2.41. The van der Waals surface area contributed by atoms with E-state index in [0.29, 0.717) is 17.9 Å². The van der Waals surface area contributed by atoms with Crippen molar-refractivity contribution in [1.29, 1.82) is 0 Å². The van der Waals surface area contributed by atoms with E-state index in [1.165, 1.54) is 36.4 Å². The van der Waals surface area contributed by atoms with Crippen molar-refractivity contribution in [2.24, 2.45) is 0 Å². The zero-order valence-corrected chi connectivity index (χ0v) is 12.8. The van der Waals surface area contributed by atoms with Crippen LogP contribution in [0.3, 0.4) is 0 Å². The van der Waals surface area contributed by atoms with Crippen molar-refractivity contribution in [1.82, 2.24) is 10.9 Å². The summed E-state index contributed by atoms with van der Waals surface area (Å²) in [6, 6.07) is 11.8. The molecule has 0 aliphatic rings. The Balaban J connectivity index is 2.01. The number of hydrogen-bond acceptors (Lipinski definition) is 5. The zero-order valence-electron chi connectivity index (χ0n) is 12.8. The molecule has 0 unspecified atom stereocenters. The van der Waals surface area contributed by atoms with Gasteiger partial charge in [-0.2, -0.15) is 0 Å². The van der Waals surface area contributed by atoms with Crippen LogP contribution in [0.25, 0.3) is 0 Å². The maximum atomic E-state index is 12.0. The first-order valence-corrected chi connectivity index (χ1v) is 7.10. The number of amides is 2. The molecule has 0 spiro atoms. The molecule has 24 heavy (non-hydrogen) atoms. The summed E-state index contributed by atoms with van der Waals surface area (Å²) in [5, 5.41) is 10.9. The summed E-state index contributed by atoms with van der Waals surface area (Å²) in [6.07, 6.45) is 0. The van der Waals surface area contributed by atoms with Gasteiger partial charge in [0.15, 0.2) is 0 Å². The van der Waals surface area contributed by atoms with Crippen molar-refractivity contribution >= 4 is 17.5 Å². The van der Waals surface area contributed by atoms with Gasteiger partial charge in [-0.15, -0.1) is 0 Å². The summed E-state index contributed by atoms with van der Waals surface area (Å²) in [7, 11) is 0. The predicted octanol–water partition coefficient (Wildman–Crippen LogP) is 2.07. The van der Waals surface area contributed by atoms with Crippen molar-refractivity contribution in [3.8, 4) is 5.75 Å². The molecule has 0 saturated carbocycles. The highest BCUT2D eigenvalue weighted by atomic mass is 16.6. The SMILES string of the molecule is CCOc1ccc(C(=O)NNC(=O)c2ccccc2[N+](=O)[O-])cc1. The molecule has 0 radical (unpaired) electrons. The van der Waals surface area contributed by atoms with E-state index in [-0.39, 0.29) is 11.3 Å². The normalized spacial score (nSPS) is 9.88. The average molecular weight is 329 g/mol. The van der Waals surface area contributed by atoms with Crippen LogP contribution in [0.1, 0.15) is 27.6 Å². The Morgan fingerprint density at radius 3 is 2.29 bits per heavy atom. The van der Waals surface area contributed by atoms with Gasteiger partial charge < -0.3 is 4.74 Å². The van der Waals surface area contributed by atoms with Crippen LogP contribution in [0.2, 0.25) is 0 Å². The van der Waals surface area contributed by atoms with Gasteiger partial charge in [0.05, 0.1) is 11.5 Å². The second-order valence-corrected chi connectivity index (χ2v) is 4.64. The molecule has 2 N–H and O–H groups in total. The molecule has 2 aromatic rings. The van der Waals surface area contributed by atoms with Crippen LogP contribution in [0.5, 0.6) is 5.75 Å². The summed E-state index contributed by atoms with van der Waals surface area (Å²) < 4.78 is 5.27. The standard InChI is InChI=1S/C16H15N3O5/c1-2-24-12-9-7-11(8-10-12)15(20)17-18-16(21)13-5-3-4-6-14(13)19(22)23/h3-10H,2H2,1H3,(H,17,20)(H,18,21). The molecule has 0 heterocycles. The molecule has 124 valence electrons. The van der Waals surface area contributed by atoms with Crippen molar-refractivity contribution in [3.05, 3.63) is 69.8 Å². The molecule has 0 bridgehead atoms. The Morgan fingerprint density at radius 2 is 1.67 bits per heavy atom. The van der Waals surface area contributed by atoms with Gasteiger partial charge in [0.1, 0.15) is 11.3 Å². The third-order valence-electron chi connectivity index (χ3n) is 3.06. The summed E-state index contributed by atoms with van der Waals surface area (Å²) in [4.78, 5) is 34.2. The van der Waals surface area contributed by atoms with Crippen LogP contribution < -0.4 is 15.6 Å². The quantitative estimate of drug-likeness (QED) is 0.644. The summed E-state index contributed by atoms with van der Waals surface area (Å²) in [5.74, 6) is -0.704. The van der Waals surface area contributed by atoms with Crippen molar-refractivity contribution in [2.75, 3.05) is 6.61 Å². The molecule has 2 aromatic carbocycles. The number of nitrogens with zero attached hydrogens (tertiary/aromatic N) is 1. The fraction of sp³-hybridized carbons (Fsp3) is 0.125. The maximum absolute atomic E-state index is 12.0. The highest BCUT2D eigenvalue weighted by Crippen LogP contribution is 2.17. The van der Waals surface area contributed by atoms with E-state index < -0.39 is 16.7 Å². The van der Waals surface area contributed by atoms with Crippen LogP contribution in [-0.4, -0.2) is 23.3 Å². The molecule has 0 saturated heterocycles. The van der Waals surface area contributed by atoms with Gasteiger partial charge in [0, 0.05) is 11.6 Å². The van der Waals surface area contributed by atoms with E-state index in [2.05, 4.69) is 10.9 Å². The fourth-order valence-electron chi connectivity index (χ4n) is 1.95. The third-order valence-corrected chi connectivity index (χ3v) is 3.06. The molecule has 0 fully saturated rings. The van der Waals surface area contributed by atoms with E-state index in [9.17, 15) is 19.7 Å². The number of para-hydroxylation sites is 1. The number of nitrogens with one attached hydrogen (secondary N) is 2. The molecule has 2 amide bonds. The number of carbonyl (C=O) groups excluding carboxylic acids is 2. The molecular formula is C16H15N3O5. The van der Waals surface area contributed by atoms with E-state index >= 15 is 0 Å². The molecular weight excluding hydrogens is 314 g/mol. The fourth-order valence-corrected chi connectivity index (χ4v) is 1.95. The van der Waals surface area contributed by atoms with Crippen molar-refractivity contribution in [3.63, 3.8) is 0 Å². The van der Waals surface area contributed by atoms with Crippen LogP contribution in [-0.2, 0) is 0 Å². The molecule has 8 nitrogen and oxygen atoms in total. The molecule has 0 aromatic heterocycles. The van der Waals surface area contributed by atoms with Gasteiger partial charge in [0.25, 0.3) is 17.5 Å². The summed E-state index contributed by atoms with van der Waals surface area (Å²) in [5.41, 5.74) is 4.19. The van der Waals surface area contributed by atoms with Crippen LogP contribution in [0.15, 0.2) is 48.5 Å². The highest BCUT2D eigenvalue weighted by molar-refractivity contribution is 6.01. The first-order chi connectivity index (χ1) is 11.5.